The standard InChI is InChI=1S/C23H22ClN3O3/c1-2-21(30-18-9-5-8-17(24)13-18)23(29)27-20-11-4-3-10-19(20)22(28)26-15-16-7-6-12-25-14-16/h3-14,21H,2,15H2,1H3,(H,26,28)(H,27,29)/t21-/m1/s1. The molecule has 0 spiro atoms. The van der Waals surface area contributed by atoms with Crippen LogP contribution in [0, 0.1) is 0 Å². The molecule has 2 N–H and O–H groups in total. The van der Waals surface area contributed by atoms with Crippen molar-refractivity contribution >= 4 is 29.1 Å². The Morgan fingerprint density at radius 1 is 1.10 bits per heavy atom. The molecule has 2 amide bonds. The fourth-order valence-corrected chi connectivity index (χ4v) is 2.99. The third-order valence-electron chi connectivity index (χ3n) is 4.34. The van der Waals surface area contributed by atoms with E-state index in [2.05, 4.69) is 15.6 Å². The molecule has 7 heteroatoms. The highest BCUT2D eigenvalue weighted by Gasteiger charge is 2.21. The molecule has 0 radical (unpaired) electrons. The van der Waals surface area contributed by atoms with E-state index < -0.39 is 6.10 Å². The number of anilines is 1. The van der Waals surface area contributed by atoms with E-state index in [1.54, 1.807) is 67.0 Å². The van der Waals surface area contributed by atoms with Gasteiger partial charge in [0.15, 0.2) is 6.10 Å². The van der Waals surface area contributed by atoms with Crippen molar-refractivity contribution in [2.45, 2.75) is 26.0 Å². The first-order chi connectivity index (χ1) is 14.6. The summed E-state index contributed by atoms with van der Waals surface area (Å²) in [6.07, 6.45) is 3.09. The normalized spacial score (nSPS) is 11.4. The molecule has 6 nitrogen and oxygen atoms in total. The Morgan fingerprint density at radius 3 is 2.67 bits per heavy atom. The van der Waals surface area contributed by atoms with Crippen molar-refractivity contribution in [1.82, 2.24) is 10.3 Å². The number of nitrogens with one attached hydrogen (secondary N) is 2. The van der Waals surface area contributed by atoms with Crippen molar-refractivity contribution in [2.24, 2.45) is 0 Å². The predicted octanol–water partition coefficient (Wildman–Crippen LogP) is 4.46. The lowest BCUT2D eigenvalue weighted by atomic mass is 10.1. The quantitative estimate of drug-likeness (QED) is 0.560. The third-order valence-corrected chi connectivity index (χ3v) is 4.58. The number of halogens is 1. The van der Waals surface area contributed by atoms with Crippen LogP contribution < -0.4 is 15.4 Å². The van der Waals surface area contributed by atoms with E-state index in [4.69, 9.17) is 16.3 Å². The highest BCUT2D eigenvalue weighted by atomic mass is 35.5. The van der Waals surface area contributed by atoms with Crippen molar-refractivity contribution in [3.8, 4) is 5.75 Å². The van der Waals surface area contributed by atoms with Crippen LogP contribution in [0.25, 0.3) is 0 Å². The highest BCUT2D eigenvalue weighted by molar-refractivity contribution is 6.30. The molecule has 2 aromatic carbocycles. The summed E-state index contributed by atoms with van der Waals surface area (Å²) in [5.74, 6) is -0.129. The molecular formula is C23H22ClN3O3. The Labute approximate surface area is 180 Å². The second kappa shape index (κ2) is 10.4. The van der Waals surface area contributed by atoms with Crippen molar-refractivity contribution in [2.75, 3.05) is 5.32 Å². The molecule has 0 saturated carbocycles. The number of pyridine rings is 1. The van der Waals surface area contributed by atoms with Crippen molar-refractivity contribution in [3.05, 3.63) is 89.2 Å². The van der Waals surface area contributed by atoms with E-state index in [1.807, 2.05) is 13.0 Å². The molecule has 0 aliphatic heterocycles. The monoisotopic (exact) mass is 423 g/mol. The first-order valence-electron chi connectivity index (χ1n) is 9.56. The predicted molar refractivity (Wildman–Crippen MR) is 117 cm³/mol. The number of benzene rings is 2. The number of amides is 2. The number of para-hydroxylation sites is 1. The smallest absolute Gasteiger partial charge is 0.265 e. The Bertz CT molecular complexity index is 1010. The van der Waals surface area contributed by atoms with Gasteiger partial charge in [-0.25, -0.2) is 0 Å². The maximum absolute atomic E-state index is 12.8. The second-order valence-corrected chi connectivity index (χ2v) is 6.99. The number of aromatic nitrogens is 1. The average molecular weight is 424 g/mol. The molecule has 154 valence electrons. The minimum absolute atomic E-state index is 0.293. The number of hydrogen-bond acceptors (Lipinski definition) is 4. The van der Waals surface area contributed by atoms with E-state index in [0.29, 0.717) is 35.0 Å². The summed E-state index contributed by atoms with van der Waals surface area (Å²) in [5.41, 5.74) is 1.67. The number of nitrogens with zero attached hydrogens (tertiary/aromatic N) is 1. The molecular weight excluding hydrogens is 402 g/mol. The van der Waals surface area contributed by atoms with E-state index in [0.717, 1.165) is 5.56 Å². The fourth-order valence-electron chi connectivity index (χ4n) is 2.81. The zero-order valence-corrected chi connectivity index (χ0v) is 17.2. The third kappa shape index (κ3) is 5.81. The van der Waals surface area contributed by atoms with Gasteiger partial charge in [0.25, 0.3) is 11.8 Å². The Morgan fingerprint density at radius 2 is 1.93 bits per heavy atom. The molecule has 0 bridgehead atoms. The minimum Gasteiger partial charge on any atom is -0.481 e. The maximum atomic E-state index is 12.8. The van der Waals surface area contributed by atoms with Gasteiger partial charge in [-0.05, 0) is 48.4 Å². The second-order valence-electron chi connectivity index (χ2n) is 6.55. The molecule has 30 heavy (non-hydrogen) atoms. The van der Waals surface area contributed by atoms with Crippen LogP contribution in [0.1, 0.15) is 29.3 Å². The Hall–Kier alpha value is -3.38. The molecule has 0 aliphatic rings. The summed E-state index contributed by atoms with van der Waals surface area (Å²) >= 11 is 5.98. The van der Waals surface area contributed by atoms with Crippen molar-refractivity contribution in [1.29, 1.82) is 0 Å². The molecule has 0 unspecified atom stereocenters. The number of carbonyl (C=O) groups excluding carboxylic acids is 2. The lowest BCUT2D eigenvalue weighted by molar-refractivity contribution is -0.122. The lowest BCUT2D eigenvalue weighted by Gasteiger charge is -2.18. The van der Waals surface area contributed by atoms with Crippen molar-refractivity contribution in [3.63, 3.8) is 0 Å². The minimum atomic E-state index is -0.727. The zero-order valence-electron chi connectivity index (χ0n) is 16.5. The lowest BCUT2D eigenvalue weighted by Crippen LogP contribution is -2.33. The van der Waals surface area contributed by atoms with Gasteiger partial charge < -0.3 is 15.4 Å². The Kier molecular flexibility index (Phi) is 7.40. The van der Waals surface area contributed by atoms with Gasteiger partial charge in [-0.2, -0.15) is 0 Å². The van der Waals surface area contributed by atoms with Gasteiger partial charge in [0, 0.05) is 24.0 Å². The first kappa shape index (κ1) is 21.3. The van der Waals surface area contributed by atoms with Gasteiger partial charge >= 0.3 is 0 Å². The van der Waals surface area contributed by atoms with Crippen LogP contribution in [0.3, 0.4) is 0 Å². The average Bonchev–Trinajstić information content (AvgIpc) is 2.77. The van der Waals surface area contributed by atoms with Crippen LogP contribution in [-0.4, -0.2) is 22.9 Å². The van der Waals surface area contributed by atoms with Gasteiger partial charge in [0.2, 0.25) is 0 Å². The highest BCUT2D eigenvalue weighted by Crippen LogP contribution is 2.21. The number of carbonyl (C=O) groups is 2. The van der Waals surface area contributed by atoms with Gasteiger partial charge in [0.1, 0.15) is 5.75 Å². The molecule has 3 aromatic rings. The SMILES string of the molecule is CC[C@@H](Oc1cccc(Cl)c1)C(=O)Nc1ccccc1C(=O)NCc1cccnc1. The molecule has 3 rings (SSSR count). The van der Waals surface area contributed by atoms with Crippen LogP contribution in [-0.2, 0) is 11.3 Å². The molecule has 1 heterocycles. The molecule has 1 atom stereocenters. The fraction of sp³-hybridized carbons (Fsp3) is 0.174. The summed E-state index contributed by atoms with van der Waals surface area (Å²) in [4.78, 5) is 29.5. The topological polar surface area (TPSA) is 80.3 Å². The first-order valence-corrected chi connectivity index (χ1v) is 9.94. The van der Waals surface area contributed by atoms with E-state index in [1.165, 1.54) is 0 Å². The summed E-state index contributed by atoms with van der Waals surface area (Å²) in [7, 11) is 0. The van der Waals surface area contributed by atoms with Gasteiger partial charge in [-0.15, -0.1) is 0 Å². The number of ether oxygens (including phenoxy) is 1. The molecule has 0 fully saturated rings. The van der Waals surface area contributed by atoms with Gasteiger partial charge in [-0.3, -0.25) is 14.6 Å². The summed E-state index contributed by atoms with van der Waals surface area (Å²) < 4.78 is 5.78. The Balaban J connectivity index is 1.68. The number of hydrogen-bond donors (Lipinski definition) is 2. The van der Waals surface area contributed by atoms with Gasteiger partial charge in [0.05, 0.1) is 11.3 Å². The van der Waals surface area contributed by atoms with Crippen LogP contribution >= 0.6 is 11.6 Å². The molecule has 0 aliphatic carbocycles. The largest absolute Gasteiger partial charge is 0.481 e. The van der Waals surface area contributed by atoms with Gasteiger partial charge in [-0.1, -0.05) is 42.8 Å². The summed E-state index contributed by atoms with van der Waals surface area (Å²) in [5, 5.41) is 6.17. The molecule has 1 aromatic heterocycles. The van der Waals surface area contributed by atoms with Crippen LogP contribution in [0.5, 0.6) is 5.75 Å². The van der Waals surface area contributed by atoms with Crippen LogP contribution in [0.15, 0.2) is 73.1 Å². The maximum Gasteiger partial charge on any atom is 0.265 e. The summed E-state index contributed by atoms with van der Waals surface area (Å²) in [6, 6.07) is 17.4. The van der Waals surface area contributed by atoms with Crippen molar-refractivity contribution < 1.29 is 14.3 Å². The van der Waals surface area contributed by atoms with E-state index in [-0.39, 0.29) is 11.8 Å². The summed E-state index contributed by atoms with van der Waals surface area (Å²) in [6.45, 7) is 2.19. The zero-order chi connectivity index (χ0) is 21.3. The molecule has 0 saturated heterocycles. The van der Waals surface area contributed by atoms with Crippen LogP contribution in [0.2, 0.25) is 5.02 Å². The van der Waals surface area contributed by atoms with E-state index in [9.17, 15) is 9.59 Å². The van der Waals surface area contributed by atoms with Crippen LogP contribution in [0.4, 0.5) is 5.69 Å². The van der Waals surface area contributed by atoms with E-state index >= 15 is 0 Å². The number of rotatable bonds is 8.